The van der Waals surface area contributed by atoms with Crippen LogP contribution in [0.5, 0.6) is 5.75 Å². The molecule has 0 saturated heterocycles. The molecule has 0 aliphatic rings. The molecule has 0 aliphatic heterocycles. The lowest BCUT2D eigenvalue weighted by molar-refractivity contribution is 0.0765. The molecule has 1 aromatic rings. The smallest absolute Gasteiger partial charge is 0.134 e. The Bertz CT molecular complexity index is 363. The Labute approximate surface area is 114 Å². The number of halogens is 1. The second kappa shape index (κ2) is 6.98. The highest BCUT2D eigenvalue weighted by atomic mass is 35.5. The van der Waals surface area contributed by atoms with Gasteiger partial charge in [-0.15, -0.1) is 0 Å². The lowest BCUT2D eigenvalue weighted by atomic mass is 10.1. The third-order valence-corrected chi connectivity index (χ3v) is 2.55. The molecule has 0 spiro atoms. The van der Waals surface area contributed by atoms with Crippen LogP contribution in [-0.2, 0) is 4.74 Å². The summed E-state index contributed by atoms with van der Waals surface area (Å²) < 4.78 is 11.0. The Morgan fingerprint density at radius 1 is 1.33 bits per heavy atom. The number of rotatable bonds is 6. The minimum absolute atomic E-state index is 0.0345. The van der Waals surface area contributed by atoms with E-state index in [0.29, 0.717) is 11.6 Å². The topological polar surface area (TPSA) is 30.5 Å². The van der Waals surface area contributed by atoms with Gasteiger partial charge in [-0.25, -0.2) is 0 Å². The van der Waals surface area contributed by atoms with E-state index in [1.807, 2.05) is 18.2 Å². The molecule has 0 aromatic heterocycles. The van der Waals surface area contributed by atoms with Gasteiger partial charge in [-0.1, -0.05) is 17.7 Å². The molecule has 1 rings (SSSR count). The maximum atomic E-state index is 5.93. The second-order valence-corrected chi connectivity index (χ2v) is 5.72. The molecule has 0 radical (unpaired) electrons. The molecule has 0 heterocycles. The molecular formula is C14H22ClNO2. The molecule has 1 unspecified atom stereocenters. The minimum atomic E-state index is -0.0345. The fourth-order valence-corrected chi connectivity index (χ4v) is 1.65. The maximum Gasteiger partial charge on any atom is 0.134 e. The van der Waals surface area contributed by atoms with Crippen molar-refractivity contribution in [1.82, 2.24) is 5.32 Å². The molecule has 102 valence electrons. The highest BCUT2D eigenvalue weighted by Crippen LogP contribution is 2.18. The van der Waals surface area contributed by atoms with Crippen molar-refractivity contribution >= 4 is 11.6 Å². The number of benzene rings is 1. The molecule has 0 fully saturated rings. The Morgan fingerprint density at radius 2 is 2.06 bits per heavy atom. The van der Waals surface area contributed by atoms with Gasteiger partial charge in [0.15, 0.2) is 0 Å². The summed E-state index contributed by atoms with van der Waals surface area (Å²) >= 11 is 5.93. The average Bonchev–Trinajstić information content (AvgIpc) is 2.25. The van der Waals surface area contributed by atoms with Gasteiger partial charge in [0.05, 0.1) is 6.61 Å². The highest BCUT2D eigenvalue weighted by Gasteiger charge is 2.15. The van der Waals surface area contributed by atoms with Crippen LogP contribution >= 0.6 is 11.6 Å². The van der Waals surface area contributed by atoms with Crippen molar-refractivity contribution in [2.24, 2.45) is 0 Å². The SMILES string of the molecule is COCC(CNC(C)(C)C)Oc1cccc(Cl)c1. The molecule has 0 bridgehead atoms. The molecule has 18 heavy (non-hydrogen) atoms. The van der Waals surface area contributed by atoms with Crippen LogP contribution in [-0.4, -0.2) is 31.9 Å². The van der Waals surface area contributed by atoms with Gasteiger partial charge in [0.25, 0.3) is 0 Å². The van der Waals surface area contributed by atoms with Gasteiger partial charge in [0.1, 0.15) is 11.9 Å². The Balaban J connectivity index is 2.57. The van der Waals surface area contributed by atoms with Crippen molar-refractivity contribution in [2.45, 2.75) is 32.4 Å². The summed E-state index contributed by atoms with van der Waals surface area (Å²) in [5.74, 6) is 0.764. The minimum Gasteiger partial charge on any atom is -0.487 e. The van der Waals surface area contributed by atoms with Crippen molar-refractivity contribution in [1.29, 1.82) is 0 Å². The van der Waals surface area contributed by atoms with Gasteiger partial charge in [0, 0.05) is 24.2 Å². The third-order valence-electron chi connectivity index (χ3n) is 2.31. The average molecular weight is 272 g/mol. The fraction of sp³-hybridized carbons (Fsp3) is 0.571. The van der Waals surface area contributed by atoms with Gasteiger partial charge in [-0.05, 0) is 39.0 Å². The molecule has 1 atom stereocenters. The molecule has 3 nitrogen and oxygen atoms in total. The largest absolute Gasteiger partial charge is 0.487 e. The zero-order valence-electron chi connectivity index (χ0n) is 11.5. The number of methoxy groups -OCH3 is 1. The summed E-state index contributed by atoms with van der Waals surface area (Å²) in [6.45, 7) is 7.63. The van der Waals surface area contributed by atoms with Crippen LogP contribution in [0.15, 0.2) is 24.3 Å². The number of nitrogens with one attached hydrogen (secondary N) is 1. The van der Waals surface area contributed by atoms with E-state index in [1.165, 1.54) is 0 Å². The first kappa shape index (κ1) is 15.3. The predicted octanol–water partition coefficient (Wildman–Crippen LogP) is 3.12. The first-order valence-corrected chi connectivity index (χ1v) is 6.45. The van der Waals surface area contributed by atoms with E-state index in [2.05, 4.69) is 26.1 Å². The summed E-state index contributed by atoms with van der Waals surface area (Å²) in [6.07, 6.45) is -0.0345. The van der Waals surface area contributed by atoms with Gasteiger partial charge >= 0.3 is 0 Å². The van der Waals surface area contributed by atoms with Crippen molar-refractivity contribution in [3.63, 3.8) is 0 Å². The fourth-order valence-electron chi connectivity index (χ4n) is 1.47. The maximum absolute atomic E-state index is 5.93. The molecular weight excluding hydrogens is 250 g/mol. The lowest BCUT2D eigenvalue weighted by Gasteiger charge is -2.25. The molecule has 0 saturated carbocycles. The third kappa shape index (κ3) is 6.24. The van der Waals surface area contributed by atoms with Crippen molar-refractivity contribution in [2.75, 3.05) is 20.3 Å². The Morgan fingerprint density at radius 3 is 2.61 bits per heavy atom. The summed E-state index contributed by atoms with van der Waals surface area (Å²) in [5, 5.41) is 4.08. The summed E-state index contributed by atoms with van der Waals surface area (Å²) in [7, 11) is 1.67. The lowest BCUT2D eigenvalue weighted by Crippen LogP contribution is -2.44. The van der Waals surface area contributed by atoms with Crippen LogP contribution in [0.3, 0.4) is 0 Å². The molecule has 0 amide bonds. The standard InChI is InChI=1S/C14H22ClNO2/c1-14(2,3)16-9-13(10-17-4)18-12-7-5-6-11(15)8-12/h5-8,13,16H,9-10H2,1-4H3. The van der Waals surface area contributed by atoms with Crippen LogP contribution in [0.1, 0.15) is 20.8 Å². The van der Waals surface area contributed by atoms with E-state index in [9.17, 15) is 0 Å². The Kier molecular flexibility index (Phi) is 5.93. The van der Waals surface area contributed by atoms with E-state index >= 15 is 0 Å². The van der Waals surface area contributed by atoms with Crippen molar-refractivity contribution in [3.8, 4) is 5.75 Å². The van der Waals surface area contributed by atoms with Crippen molar-refractivity contribution in [3.05, 3.63) is 29.3 Å². The van der Waals surface area contributed by atoms with E-state index in [1.54, 1.807) is 13.2 Å². The van der Waals surface area contributed by atoms with E-state index in [0.717, 1.165) is 12.3 Å². The molecule has 4 heteroatoms. The number of hydrogen-bond donors (Lipinski definition) is 1. The second-order valence-electron chi connectivity index (χ2n) is 5.28. The molecule has 1 aromatic carbocycles. The Hall–Kier alpha value is -0.770. The van der Waals surface area contributed by atoms with Gasteiger partial charge < -0.3 is 14.8 Å². The first-order chi connectivity index (χ1) is 8.40. The molecule has 0 aliphatic carbocycles. The summed E-state index contributed by atoms with van der Waals surface area (Å²) in [6, 6.07) is 7.40. The van der Waals surface area contributed by atoms with E-state index in [4.69, 9.17) is 21.1 Å². The quantitative estimate of drug-likeness (QED) is 0.862. The number of hydrogen-bond acceptors (Lipinski definition) is 3. The van der Waals surface area contributed by atoms with Crippen LogP contribution in [0.25, 0.3) is 0 Å². The van der Waals surface area contributed by atoms with Gasteiger partial charge in [-0.2, -0.15) is 0 Å². The molecule has 1 N–H and O–H groups in total. The highest BCUT2D eigenvalue weighted by molar-refractivity contribution is 6.30. The number of ether oxygens (including phenoxy) is 2. The van der Waals surface area contributed by atoms with Crippen LogP contribution in [0, 0.1) is 0 Å². The normalized spacial score (nSPS) is 13.4. The summed E-state index contributed by atoms with van der Waals surface area (Å²) in [4.78, 5) is 0. The zero-order valence-corrected chi connectivity index (χ0v) is 12.3. The first-order valence-electron chi connectivity index (χ1n) is 6.07. The van der Waals surface area contributed by atoms with E-state index < -0.39 is 0 Å². The summed E-state index contributed by atoms with van der Waals surface area (Å²) in [5.41, 5.74) is 0.0592. The van der Waals surface area contributed by atoms with Gasteiger partial charge in [-0.3, -0.25) is 0 Å². The monoisotopic (exact) mass is 271 g/mol. The van der Waals surface area contributed by atoms with Crippen LogP contribution in [0.2, 0.25) is 5.02 Å². The van der Waals surface area contributed by atoms with Crippen LogP contribution < -0.4 is 10.1 Å². The zero-order chi connectivity index (χ0) is 13.6. The van der Waals surface area contributed by atoms with E-state index in [-0.39, 0.29) is 11.6 Å². The van der Waals surface area contributed by atoms with Crippen molar-refractivity contribution < 1.29 is 9.47 Å². The van der Waals surface area contributed by atoms with Crippen LogP contribution in [0.4, 0.5) is 0 Å². The predicted molar refractivity (Wildman–Crippen MR) is 75.5 cm³/mol. The van der Waals surface area contributed by atoms with Gasteiger partial charge in [0.2, 0.25) is 0 Å².